The minimum atomic E-state index is -0.101. The van der Waals surface area contributed by atoms with Crippen LogP contribution in [0, 0.1) is 6.92 Å². The topological polar surface area (TPSA) is 55.1 Å². The number of thioether (sulfide) groups is 1. The van der Waals surface area contributed by atoms with Crippen LogP contribution >= 0.6 is 11.8 Å². The van der Waals surface area contributed by atoms with Crippen LogP contribution in [0.1, 0.15) is 17.0 Å². The SMILES string of the molecule is Cc1ccc(N)c(NC(=O)C2CSc3ccccc32)c1. The fraction of sp³-hybridized carbons (Fsp3) is 0.188. The minimum absolute atomic E-state index is 0.0137. The first kappa shape index (κ1) is 13.1. The second kappa shape index (κ2) is 5.21. The Morgan fingerprint density at radius 1 is 1.30 bits per heavy atom. The summed E-state index contributed by atoms with van der Waals surface area (Å²) >= 11 is 1.73. The van der Waals surface area contributed by atoms with Crippen molar-refractivity contribution in [3.63, 3.8) is 0 Å². The molecule has 0 saturated carbocycles. The van der Waals surface area contributed by atoms with Crippen molar-refractivity contribution in [1.82, 2.24) is 0 Å². The summed E-state index contributed by atoms with van der Waals surface area (Å²) in [5, 5.41) is 2.96. The lowest BCUT2D eigenvalue weighted by atomic mass is 10.0. The first-order chi connectivity index (χ1) is 9.65. The molecule has 20 heavy (non-hydrogen) atoms. The highest BCUT2D eigenvalue weighted by Crippen LogP contribution is 2.40. The molecule has 1 aliphatic heterocycles. The van der Waals surface area contributed by atoms with Crippen LogP contribution in [-0.2, 0) is 4.79 Å². The Balaban J connectivity index is 1.83. The zero-order valence-electron chi connectivity index (χ0n) is 11.2. The van der Waals surface area contributed by atoms with Crippen LogP contribution in [0.3, 0.4) is 0 Å². The summed E-state index contributed by atoms with van der Waals surface area (Å²) < 4.78 is 0. The second-order valence-electron chi connectivity index (χ2n) is 4.98. The molecule has 0 fully saturated rings. The molecule has 0 radical (unpaired) electrons. The summed E-state index contributed by atoms with van der Waals surface area (Å²) in [6.45, 7) is 1.98. The zero-order valence-corrected chi connectivity index (χ0v) is 12.0. The number of carbonyl (C=O) groups is 1. The molecule has 102 valence electrons. The van der Waals surface area contributed by atoms with E-state index < -0.39 is 0 Å². The fourth-order valence-electron chi connectivity index (χ4n) is 2.38. The minimum Gasteiger partial charge on any atom is -0.397 e. The number of fused-ring (bicyclic) bond motifs is 1. The van der Waals surface area contributed by atoms with E-state index in [4.69, 9.17) is 5.73 Å². The number of hydrogen-bond donors (Lipinski definition) is 2. The Bertz CT molecular complexity index is 669. The maximum Gasteiger partial charge on any atom is 0.232 e. The van der Waals surface area contributed by atoms with Crippen LogP contribution in [0.4, 0.5) is 11.4 Å². The average Bonchev–Trinajstić information content (AvgIpc) is 2.87. The van der Waals surface area contributed by atoms with Crippen molar-refractivity contribution in [1.29, 1.82) is 0 Å². The number of nitrogens with one attached hydrogen (secondary N) is 1. The molecule has 1 atom stereocenters. The second-order valence-corrected chi connectivity index (χ2v) is 6.04. The highest BCUT2D eigenvalue weighted by molar-refractivity contribution is 7.99. The molecule has 1 aliphatic rings. The van der Waals surface area contributed by atoms with Gasteiger partial charge in [0.15, 0.2) is 0 Å². The number of carbonyl (C=O) groups excluding carboxylic acids is 1. The lowest BCUT2D eigenvalue weighted by molar-refractivity contribution is -0.117. The number of hydrogen-bond acceptors (Lipinski definition) is 3. The third kappa shape index (κ3) is 2.39. The van der Waals surface area contributed by atoms with Crippen molar-refractivity contribution in [2.24, 2.45) is 0 Å². The van der Waals surface area contributed by atoms with Crippen LogP contribution in [0.2, 0.25) is 0 Å². The molecule has 0 spiro atoms. The Kier molecular flexibility index (Phi) is 3.40. The standard InChI is InChI=1S/C16H16N2OS/c1-10-6-7-13(17)14(8-10)18-16(19)12-9-20-15-5-3-2-4-11(12)15/h2-8,12H,9,17H2,1H3,(H,18,19). The number of rotatable bonds is 2. The maximum atomic E-state index is 12.5. The predicted molar refractivity (Wildman–Crippen MR) is 84.1 cm³/mol. The summed E-state index contributed by atoms with van der Waals surface area (Å²) in [6, 6.07) is 13.7. The lowest BCUT2D eigenvalue weighted by Gasteiger charge is -2.13. The Morgan fingerprint density at radius 3 is 2.95 bits per heavy atom. The van der Waals surface area contributed by atoms with Crippen LogP contribution in [0.25, 0.3) is 0 Å². The van der Waals surface area contributed by atoms with E-state index in [2.05, 4.69) is 11.4 Å². The van der Waals surface area contributed by atoms with E-state index >= 15 is 0 Å². The highest BCUT2D eigenvalue weighted by Gasteiger charge is 2.29. The average molecular weight is 284 g/mol. The smallest absolute Gasteiger partial charge is 0.232 e. The van der Waals surface area contributed by atoms with E-state index in [1.165, 1.54) is 4.90 Å². The number of nitrogen functional groups attached to an aromatic ring is 1. The van der Waals surface area contributed by atoms with Gasteiger partial charge in [0, 0.05) is 10.6 Å². The van der Waals surface area contributed by atoms with Gasteiger partial charge in [-0.1, -0.05) is 24.3 Å². The summed E-state index contributed by atoms with van der Waals surface area (Å²) in [6.07, 6.45) is 0. The first-order valence-corrected chi connectivity index (χ1v) is 7.52. The van der Waals surface area contributed by atoms with E-state index in [9.17, 15) is 4.79 Å². The van der Waals surface area contributed by atoms with Gasteiger partial charge in [-0.15, -0.1) is 11.8 Å². The van der Waals surface area contributed by atoms with Crippen LogP contribution in [0.5, 0.6) is 0 Å². The van der Waals surface area contributed by atoms with Gasteiger partial charge >= 0.3 is 0 Å². The fourth-order valence-corrected chi connectivity index (χ4v) is 3.61. The molecule has 3 rings (SSSR count). The van der Waals surface area contributed by atoms with Crippen LogP contribution in [-0.4, -0.2) is 11.7 Å². The van der Waals surface area contributed by atoms with Crippen molar-refractivity contribution in [3.05, 3.63) is 53.6 Å². The van der Waals surface area contributed by atoms with Gasteiger partial charge in [-0.3, -0.25) is 4.79 Å². The van der Waals surface area contributed by atoms with Gasteiger partial charge in [-0.05, 0) is 36.2 Å². The van der Waals surface area contributed by atoms with Gasteiger partial charge in [0.1, 0.15) is 0 Å². The molecule has 1 unspecified atom stereocenters. The molecular weight excluding hydrogens is 268 g/mol. The van der Waals surface area contributed by atoms with Gasteiger partial charge in [0.25, 0.3) is 0 Å². The van der Waals surface area contributed by atoms with Gasteiger partial charge in [0.05, 0.1) is 17.3 Å². The Hall–Kier alpha value is -1.94. The number of anilines is 2. The normalized spacial score (nSPS) is 16.8. The molecule has 1 heterocycles. The molecule has 0 saturated heterocycles. The molecular formula is C16H16N2OS. The highest BCUT2D eigenvalue weighted by atomic mass is 32.2. The largest absolute Gasteiger partial charge is 0.397 e. The number of aryl methyl sites for hydroxylation is 1. The maximum absolute atomic E-state index is 12.5. The quantitative estimate of drug-likeness (QED) is 0.831. The predicted octanol–water partition coefficient (Wildman–Crippen LogP) is 3.41. The van der Waals surface area contributed by atoms with Gasteiger partial charge in [-0.2, -0.15) is 0 Å². The molecule has 2 aromatic rings. The van der Waals surface area contributed by atoms with E-state index in [1.807, 2.05) is 43.3 Å². The van der Waals surface area contributed by atoms with Crippen molar-refractivity contribution in [3.8, 4) is 0 Å². The van der Waals surface area contributed by atoms with Crippen molar-refractivity contribution >= 4 is 29.0 Å². The van der Waals surface area contributed by atoms with E-state index in [-0.39, 0.29) is 11.8 Å². The molecule has 0 bridgehead atoms. The van der Waals surface area contributed by atoms with E-state index in [0.717, 1.165) is 16.9 Å². The number of amides is 1. The van der Waals surface area contributed by atoms with Gasteiger partial charge in [0.2, 0.25) is 5.91 Å². The van der Waals surface area contributed by atoms with Gasteiger partial charge < -0.3 is 11.1 Å². The third-order valence-electron chi connectivity index (χ3n) is 3.48. The van der Waals surface area contributed by atoms with Gasteiger partial charge in [-0.25, -0.2) is 0 Å². The number of nitrogens with two attached hydrogens (primary N) is 1. The molecule has 4 heteroatoms. The Labute approximate surface area is 122 Å². The molecule has 3 nitrogen and oxygen atoms in total. The molecule has 2 aromatic carbocycles. The molecule has 3 N–H and O–H groups in total. The summed E-state index contributed by atoms with van der Waals surface area (Å²) in [7, 11) is 0. The van der Waals surface area contributed by atoms with Crippen LogP contribution < -0.4 is 11.1 Å². The lowest BCUT2D eigenvalue weighted by Crippen LogP contribution is -2.21. The van der Waals surface area contributed by atoms with Crippen molar-refractivity contribution < 1.29 is 4.79 Å². The van der Waals surface area contributed by atoms with Crippen molar-refractivity contribution in [2.75, 3.05) is 16.8 Å². The number of benzene rings is 2. The van der Waals surface area contributed by atoms with Crippen molar-refractivity contribution in [2.45, 2.75) is 17.7 Å². The third-order valence-corrected chi connectivity index (χ3v) is 4.67. The van der Waals surface area contributed by atoms with Crippen LogP contribution in [0.15, 0.2) is 47.4 Å². The van der Waals surface area contributed by atoms with E-state index in [0.29, 0.717) is 11.4 Å². The summed E-state index contributed by atoms with van der Waals surface area (Å²) in [5.41, 5.74) is 9.40. The summed E-state index contributed by atoms with van der Waals surface area (Å²) in [5.74, 6) is 0.701. The molecule has 1 amide bonds. The van der Waals surface area contributed by atoms with E-state index in [1.54, 1.807) is 11.8 Å². The monoisotopic (exact) mass is 284 g/mol. The molecule has 0 aliphatic carbocycles. The first-order valence-electron chi connectivity index (χ1n) is 6.54. The summed E-state index contributed by atoms with van der Waals surface area (Å²) in [4.78, 5) is 13.7. The Morgan fingerprint density at radius 2 is 2.10 bits per heavy atom. The molecule has 0 aromatic heterocycles. The zero-order chi connectivity index (χ0) is 14.1.